The van der Waals surface area contributed by atoms with Gasteiger partial charge >= 0.3 is 0 Å². The minimum Gasteiger partial charge on any atom is -0.313 e. The van der Waals surface area contributed by atoms with Gasteiger partial charge in [0.25, 0.3) is 0 Å². The van der Waals surface area contributed by atoms with Gasteiger partial charge in [-0.2, -0.15) is 0 Å². The lowest BCUT2D eigenvalue weighted by molar-refractivity contribution is 0.394. The molecule has 0 fully saturated rings. The number of benzene rings is 1. The van der Waals surface area contributed by atoms with Crippen LogP contribution in [0.3, 0.4) is 0 Å². The van der Waals surface area contributed by atoms with Crippen LogP contribution in [0.1, 0.15) is 12.0 Å². The second-order valence-electron chi connectivity index (χ2n) is 4.08. The van der Waals surface area contributed by atoms with E-state index < -0.39 is 0 Å². The van der Waals surface area contributed by atoms with Crippen LogP contribution in [0.25, 0.3) is 0 Å². The standard InChI is InChI=1S/C12H18Cl2N2/c1-16(2)7-3-6-15-9-10-4-5-11(13)12(14)8-10/h4-5,8,15H,3,6-7,9H2,1-2H3. The van der Waals surface area contributed by atoms with E-state index in [0.29, 0.717) is 10.0 Å². The van der Waals surface area contributed by atoms with Gasteiger partial charge in [-0.05, 0) is 51.3 Å². The van der Waals surface area contributed by atoms with E-state index >= 15 is 0 Å². The van der Waals surface area contributed by atoms with Gasteiger partial charge in [0.1, 0.15) is 0 Å². The van der Waals surface area contributed by atoms with Gasteiger partial charge in [-0.25, -0.2) is 0 Å². The maximum Gasteiger partial charge on any atom is 0.0595 e. The van der Waals surface area contributed by atoms with Crippen LogP contribution in [0.15, 0.2) is 18.2 Å². The van der Waals surface area contributed by atoms with Crippen LogP contribution in [0.2, 0.25) is 10.0 Å². The SMILES string of the molecule is CN(C)CCCNCc1ccc(Cl)c(Cl)c1. The van der Waals surface area contributed by atoms with E-state index in [2.05, 4.69) is 24.3 Å². The summed E-state index contributed by atoms with van der Waals surface area (Å²) in [4.78, 5) is 2.18. The molecular formula is C12H18Cl2N2. The quantitative estimate of drug-likeness (QED) is 0.792. The third kappa shape index (κ3) is 5.17. The van der Waals surface area contributed by atoms with Gasteiger partial charge in [0, 0.05) is 6.54 Å². The molecule has 0 spiro atoms. The minimum absolute atomic E-state index is 0.609. The fraction of sp³-hybridized carbons (Fsp3) is 0.500. The second kappa shape index (κ2) is 7.13. The van der Waals surface area contributed by atoms with Crippen LogP contribution in [0, 0.1) is 0 Å². The van der Waals surface area contributed by atoms with E-state index in [1.54, 1.807) is 0 Å². The molecule has 0 aliphatic rings. The van der Waals surface area contributed by atoms with Crippen molar-refractivity contribution in [3.63, 3.8) is 0 Å². The van der Waals surface area contributed by atoms with Crippen LogP contribution in [0.4, 0.5) is 0 Å². The molecule has 0 aliphatic carbocycles. The van der Waals surface area contributed by atoms with Gasteiger partial charge in [-0.15, -0.1) is 0 Å². The fourth-order valence-corrected chi connectivity index (χ4v) is 1.72. The predicted molar refractivity (Wildman–Crippen MR) is 71.3 cm³/mol. The molecular weight excluding hydrogens is 243 g/mol. The lowest BCUT2D eigenvalue weighted by Crippen LogP contribution is -2.20. The van der Waals surface area contributed by atoms with Gasteiger partial charge in [-0.1, -0.05) is 29.3 Å². The lowest BCUT2D eigenvalue weighted by atomic mass is 10.2. The summed E-state index contributed by atoms with van der Waals surface area (Å²) in [5.74, 6) is 0. The molecule has 0 saturated heterocycles. The predicted octanol–water partition coefficient (Wildman–Crippen LogP) is 3.03. The van der Waals surface area contributed by atoms with Gasteiger partial charge in [0.05, 0.1) is 10.0 Å². The van der Waals surface area contributed by atoms with E-state index in [-0.39, 0.29) is 0 Å². The maximum absolute atomic E-state index is 5.93. The van der Waals surface area contributed by atoms with E-state index in [9.17, 15) is 0 Å². The Bertz CT molecular complexity index is 327. The third-order valence-corrected chi connectivity index (χ3v) is 3.01. The Kier molecular flexibility index (Phi) is 6.14. The summed E-state index contributed by atoms with van der Waals surface area (Å²) in [5.41, 5.74) is 1.17. The first-order valence-corrected chi connectivity index (χ1v) is 6.14. The van der Waals surface area contributed by atoms with E-state index in [1.165, 1.54) is 5.56 Å². The number of nitrogens with one attached hydrogen (secondary N) is 1. The Morgan fingerprint density at radius 1 is 1.19 bits per heavy atom. The Hall–Kier alpha value is -0.280. The Balaban J connectivity index is 2.24. The Morgan fingerprint density at radius 2 is 1.94 bits per heavy atom. The van der Waals surface area contributed by atoms with Crippen LogP contribution < -0.4 is 5.32 Å². The number of hydrogen-bond donors (Lipinski definition) is 1. The summed E-state index contributed by atoms with van der Waals surface area (Å²) in [6.45, 7) is 2.96. The highest BCUT2D eigenvalue weighted by Gasteiger charge is 1.99. The Morgan fingerprint density at radius 3 is 2.56 bits per heavy atom. The molecule has 1 aromatic carbocycles. The molecule has 0 aliphatic heterocycles. The summed E-state index contributed by atoms with van der Waals surface area (Å²) in [7, 11) is 4.16. The van der Waals surface area contributed by atoms with Crippen molar-refractivity contribution in [2.45, 2.75) is 13.0 Å². The number of halogens is 2. The van der Waals surface area contributed by atoms with Crippen molar-refractivity contribution in [3.05, 3.63) is 33.8 Å². The normalized spacial score (nSPS) is 11.1. The van der Waals surface area contributed by atoms with Crippen molar-refractivity contribution < 1.29 is 0 Å². The van der Waals surface area contributed by atoms with Crippen LogP contribution in [0.5, 0.6) is 0 Å². The second-order valence-corrected chi connectivity index (χ2v) is 4.90. The zero-order chi connectivity index (χ0) is 12.0. The molecule has 4 heteroatoms. The highest BCUT2D eigenvalue weighted by Crippen LogP contribution is 2.22. The summed E-state index contributed by atoms with van der Waals surface area (Å²) >= 11 is 11.8. The molecule has 2 nitrogen and oxygen atoms in total. The molecule has 1 aromatic rings. The highest BCUT2D eigenvalue weighted by molar-refractivity contribution is 6.42. The monoisotopic (exact) mass is 260 g/mol. The molecule has 1 rings (SSSR count). The first-order valence-electron chi connectivity index (χ1n) is 5.39. The zero-order valence-corrected chi connectivity index (χ0v) is 11.3. The Labute approximate surface area is 108 Å². The molecule has 90 valence electrons. The van der Waals surface area contributed by atoms with Crippen molar-refractivity contribution in [3.8, 4) is 0 Å². The molecule has 0 aromatic heterocycles. The summed E-state index contributed by atoms with van der Waals surface area (Å²) < 4.78 is 0. The lowest BCUT2D eigenvalue weighted by Gasteiger charge is -2.10. The van der Waals surface area contributed by atoms with Gasteiger partial charge in [0.15, 0.2) is 0 Å². The highest BCUT2D eigenvalue weighted by atomic mass is 35.5. The first kappa shape index (κ1) is 13.8. The molecule has 0 bridgehead atoms. The maximum atomic E-state index is 5.93. The molecule has 0 amide bonds. The average Bonchev–Trinajstić information content (AvgIpc) is 2.22. The van der Waals surface area contributed by atoms with Crippen molar-refractivity contribution in [2.75, 3.05) is 27.2 Å². The number of nitrogens with zero attached hydrogens (tertiary/aromatic N) is 1. The largest absolute Gasteiger partial charge is 0.313 e. The van der Waals surface area contributed by atoms with Gasteiger partial charge in [-0.3, -0.25) is 0 Å². The van der Waals surface area contributed by atoms with Gasteiger partial charge < -0.3 is 10.2 Å². The molecule has 1 N–H and O–H groups in total. The topological polar surface area (TPSA) is 15.3 Å². The van der Waals surface area contributed by atoms with Crippen molar-refractivity contribution in [1.29, 1.82) is 0 Å². The molecule has 0 radical (unpaired) electrons. The first-order chi connectivity index (χ1) is 7.59. The molecule has 0 unspecified atom stereocenters. The fourth-order valence-electron chi connectivity index (χ4n) is 1.40. The van der Waals surface area contributed by atoms with E-state index in [4.69, 9.17) is 23.2 Å². The minimum atomic E-state index is 0.609. The average molecular weight is 261 g/mol. The zero-order valence-electron chi connectivity index (χ0n) is 9.76. The van der Waals surface area contributed by atoms with Gasteiger partial charge in [0.2, 0.25) is 0 Å². The number of rotatable bonds is 6. The van der Waals surface area contributed by atoms with Crippen molar-refractivity contribution in [2.24, 2.45) is 0 Å². The number of hydrogen-bond acceptors (Lipinski definition) is 2. The van der Waals surface area contributed by atoms with E-state index in [1.807, 2.05) is 18.2 Å². The van der Waals surface area contributed by atoms with E-state index in [0.717, 1.165) is 26.1 Å². The third-order valence-electron chi connectivity index (χ3n) is 2.27. The van der Waals surface area contributed by atoms with Crippen LogP contribution in [-0.4, -0.2) is 32.1 Å². The summed E-state index contributed by atoms with van der Waals surface area (Å²) in [6.07, 6.45) is 1.15. The molecule has 0 saturated carbocycles. The van der Waals surface area contributed by atoms with Crippen LogP contribution in [-0.2, 0) is 6.54 Å². The molecule has 0 atom stereocenters. The molecule has 0 heterocycles. The van der Waals surface area contributed by atoms with Crippen LogP contribution >= 0.6 is 23.2 Å². The van der Waals surface area contributed by atoms with Crippen molar-refractivity contribution in [1.82, 2.24) is 10.2 Å². The summed E-state index contributed by atoms with van der Waals surface area (Å²) in [5, 5.41) is 4.60. The van der Waals surface area contributed by atoms with Crippen molar-refractivity contribution >= 4 is 23.2 Å². The molecule has 16 heavy (non-hydrogen) atoms. The smallest absolute Gasteiger partial charge is 0.0595 e. The summed E-state index contributed by atoms with van der Waals surface area (Å²) in [6, 6.07) is 5.73.